The summed E-state index contributed by atoms with van der Waals surface area (Å²) in [6.07, 6.45) is 1.62. The lowest BCUT2D eigenvalue weighted by Crippen LogP contribution is -2.43. The molecule has 0 amide bonds. The van der Waals surface area contributed by atoms with Crippen molar-refractivity contribution in [3.63, 3.8) is 0 Å². The molecule has 3 rings (SSSR count). The molecule has 2 heterocycles. The van der Waals surface area contributed by atoms with Crippen molar-refractivity contribution in [1.82, 2.24) is 20.3 Å². The molecular weight excluding hydrogens is 247 g/mol. The summed E-state index contributed by atoms with van der Waals surface area (Å²) >= 11 is 0. The van der Waals surface area contributed by atoms with Crippen molar-refractivity contribution in [2.45, 2.75) is 13.0 Å². The monoisotopic (exact) mass is 260 g/mol. The highest BCUT2D eigenvalue weighted by Crippen LogP contribution is 2.16. The van der Waals surface area contributed by atoms with Crippen LogP contribution in [0.1, 0.15) is 27.7 Å². The molecule has 6 heteroatoms. The number of halogens is 1. The normalized spacial score (nSPS) is 15.3. The van der Waals surface area contributed by atoms with Crippen LogP contribution in [-0.4, -0.2) is 33.9 Å². The molecule has 1 aliphatic heterocycles. The molecule has 19 heavy (non-hydrogen) atoms. The summed E-state index contributed by atoms with van der Waals surface area (Å²) in [6, 6.07) is 4.41. The van der Waals surface area contributed by atoms with Gasteiger partial charge in [0.25, 0.3) is 0 Å². The van der Waals surface area contributed by atoms with Gasteiger partial charge in [-0.1, -0.05) is 11.3 Å². The molecule has 0 bridgehead atoms. The minimum Gasteiger partial charge on any atom is -0.312 e. The van der Waals surface area contributed by atoms with E-state index in [0.29, 0.717) is 5.56 Å². The van der Waals surface area contributed by atoms with Crippen molar-refractivity contribution in [3.05, 3.63) is 47.0 Å². The Morgan fingerprint density at radius 1 is 1.47 bits per heavy atom. The van der Waals surface area contributed by atoms with Gasteiger partial charge in [-0.3, -0.25) is 4.79 Å². The van der Waals surface area contributed by atoms with E-state index in [1.54, 1.807) is 23.9 Å². The summed E-state index contributed by atoms with van der Waals surface area (Å²) in [5.41, 5.74) is 1.31. The lowest BCUT2D eigenvalue weighted by Gasteiger charge is -2.26. The second-order valence-electron chi connectivity index (χ2n) is 4.68. The number of hydrogen-bond donors (Lipinski definition) is 1. The first-order valence-corrected chi connectivity index (χ1v) is 6.08. The Kier molecular flexibility index (Phi) is 2.87. The third kappa shape index (κ3) is 2.15. The highest BCUT2D eigenvalue weighted by molar-refractivity contribution is 6.08. The molecule has 0 atom stereocenters. The van der Waals surface area contributed by atoms with Crippen molar-refractivity contribution in [1.29, 1.82) is 0 Å². The average molecular weight is 260 g/mol. The third-order valence-corrected chi connectivity index (χ3v) is 3.32. The largest absolute Gasteiger partial charge is 0.312 e. The fourth-order valence-electron chi connectivity index (χ4n) is 2.00. The molecule has 0 radical (unpaired) electrons. The number of rotatable bonds is 3. The summed E-state index contributed by atoms with van der Waals surface area (Å²) in [7, 11) is 0. The van der Waals surface area contributed by atoms with Crippen molar-refractivity contribution in [2.75, 3.05) is 13.1 Å². The van der Waals surface area contributed by atoms with Crippen LogP contribution in [0.15, 0.2) is 24.4 Å². The number of nitrogens with one attached hydrogen (secondary N) is 1. The van der Waals surface area contributed by atoms with Crippen LogP contribution >= 0.6 is 0 Å². The summed E-state index contributed by atoms with van der Waals surface area (Å²) in [6.45, 7) is 3.43. The fraction of sp³-hybridized carbons (Fsp3) is 0.308. The van der Waals surface area contributed by atoms with Gasteiger partial charge in [0, 0.05) is 18.7 Å². The van der Waals surface area contributed by atoms with Crippen molar-refractivity contribution in [2.24, 2.45) is 0 Å². The van der Waals surface area contributed by atoms with Crippen LogP contribution in [0.25, 0.3) is 0 Å². The summed E-state index contributed by atoms with van der Waals surface area (Å²) < 4.78 is 14.9. The molecule has 98 valence electrons. The predicted octanol–water partition coefficient (Wildman–Crippen LogP) is 1.10. The molecule has 0 unspecified atom stereocenters. The summed E-state index contributed by atoms with van der Waals surface area (Å²) in [4.78, 5) is 12.3. The Labute approximate surface area is 109 Å². The number of hydrogen-bond acceptors (Lipinski definition) is 4. The molecule has 5 nitrogen and oxygen atoms in total. The number of benzene rings is 1. The van der Waals surface area contributed by atoms with Crippen LogP contribution < -0.4 is 5.32 Å². The van der Waals surface area contributed by atoms with Gasteiger partial charge in [0.15, 0.2) is 5.69 Å². The van der Waals surface area contributed by atoms with Crippen LogP contribution in [0.2, 0.25) is 0 Å². The van der Waals surface area contributed by atoms with E-state index in [1.807, 2.05) is 0 Å². The molecule has 2 aromatic rings. The molecule has 1 N–H and O–H groups in total. The number of aryl methyl sites for hydroxylation is 1. The minimum atomic E-state index is -0.426. The van der Waals surface area contributed by atoms with Gasteiger partial charge in [-0.25, -0.2) is 9.07 Å². The molecule has 0 saturated carbocycles. The SMILES string of the molecule is Cc1ccc(F)cc1C(=O)c1cn(C2CNC2)nn1. The molecule has 0 spiro atoms. The number of ketones is 1. The first-order chi connectivity index (χ1) is 9.15. The van der Waals surface area contributed by atoms with Crippen LogP contribution in [0.4, 0.5) is 4.39 Å². The van der Waals surface area contributed by atoms with E-state index in [-0.39, 0.29) is 17.5 Å². The Bertz CT molecular complexity index is 633. The van der Waals surface area contributed by atoms with E-state index in [4.69, 9.17) is 0 Å². The maximum Gasteiger partial charge on any atom is 0.215 e. The number of nitrogens with zero attached hydrogens (tertiary/aromatic N) is 3. The zero-order valence-electron chi connectivity index (χ0n) is 10.4. The van der Waals surface area contributed by atoms with Gasteiger partial charge in [0.1, 0.15) is 5.82 Å². The molecule has 1 aromatic carbocycles. The van der Waals surface area contributed by atoms with E-state index < -0.39 is 5.82 Å². The first kappa shape index (κ1) is 12.0. The van der Waals surface area contributed by atoms with Gasteiger partial charge in [-0.15, -0.1) is 5.10 Å². The standard InChI is InChI=1S/C13H13FN4O/c1-8-2-3-9(14)4-11(8)13(19)12-7-18(17-16-12)10-5-15-6-10/h2-4,7,10,15H,5-6H2,1H3. The van der Waals surface area contributed by atoms with E-state index in [9.17, 15) is 9.18 Å². The van der Waals surface area contributed by atoms with E-state index >= 15 is 0 Å². The van der Waals surface area contributed by atoms with Crippen LogP contribution in [0.5, 0.6) is 0 Å². The van der Waals surface area contributed by atoms with E-state index in [1.165, 1.54) is 12.1 Å². The Morgan fingerprint density at radius 2 is 2.26 bits per heavy atom. The fourth-order valence-corrected chi connectivity index (χ4v) is 2.00. The molecule has 0 aliphatic carbocycles. The van der Waals surface area contributed by atoms with E-state index in [0.717, 1.165) is 18.7 Å². The molecule has 1 saturated heterocycles. The third-order valence-electron chi connectivity index (χ3n) is 3.32. The van der Waals surface area contributed by atoms with Gasteiger partial charge < -0.3 is 5.32 Å². The highest BCUT2D eigenvalue weighted by Gasteiger charge is 2.22. The second-order valence-corrected chi connectivity index (χ2v) is 4.68. The lowest BCUT2D eigenvalue weighted by molar-refractivity contribution is 0.103. The molecule has 1 aromatic heterocycles. The smallest absolute Gasteiger partial charge is 0.215 e. The van der Waals surface area contributed by atoms with E-state index in [2.05, 4.69) is 15.6 Å². The zero-order chi connectivity index (χ0) is 13.4. The maximum atomic E-state index is 13.2. The van der Waals surface area contributed by atoms with Crippen molar-refractivity contribution in [3.8, 4) is 0 Å². The van der Waals surface area contributed by atoms with Crippen molar-refractivity contribution >= 4 is 5.78 Å². The quantitative estimate of drug-likeness (QED) is 0.840. The first-order valence-electron chi connectivity index (χ1n) is 6.08. The Morgan fingerprint density at radius 3 is 2.95 bits per heavy atom. The topological polar surface area (TPSA) is 59.8 Å². The molecular formula is C13H13FN4O. The van der Waals surface area contributed by atoms with Gasteiger partial charge in [0.2, 0.25) is 5.78 Å². The van der Waals surface area contributed by atoms with Crippen LogP contribution in [-0.2, 0) is 0 Å². The number of aromatic nitrogens is 3. The van der Waals surface area contributed by atoms with Gasteiger partial charge >= 0.3 is 0 Å². The lowest BCUT2D eigenvalue weighted by atomic mass is 10.0. The van der Waals surface area contributed by atoms with Crippen molar-refractivity contribution < 1.29 is 9.18 Å². The zero-order valence-corrected chi connectivity index (χ0v) is 10.4. The minimum absolute atomic E-state index is 0.251. The van der Waals surface area contributed by atoms with Gasteiger partial charge in [0.05, 0.1) is 12.2 Å². The van der Waals surface area contributed by atoms with Gasteiger partial charge in [-0.05, 0) is 24.6 Å². The second kappa shape index (κ2) is 4.55. The van der Waals surface area contributed by atoms with Crippen LogP contribution in [0, 0.1) is 12.7 Å². The number of carbonyl (C=O) groups is 1. The highest BCUT2D eigenvalue weighted by atomic mass is 19.1. The van der Waals surface area contributed by atoms with Crippen LogP contribution in [0.3, 0.4) is 0 Å². The number of carbonyl (C=O) groups excluding carboxylic acids is 1. The average Bonchev–Trinajstić information content (AvgIpc) is 2.78. The maximum absolute atomic E-state index is 13.2. The predicted molar refractivity (Wildman–Crippen MR) is 66.5 cm³/mol. The molecule has 1 fully saturated rings. The van der Waals surface area contributed by atoms with Gasteiger partial charge in [-0.2, -0.15) is 0 Å². The summed E-state index contributed by atoms with van der Waals surface area (Å²) in [5, 5.41) is 11.0. The summed E-state index contributed by atoms with van der Waals surface area (Å²) in [5.74, 6) is -0.722. The molecule has 1 aliphatic rings. The Hall–Kier alpha value is -2.08. The Balaban J connectivity index is 1.90.